The van der Waals surface area contributed by atoms with E-state index >= 15 is 0 Å². The molecule has 7 heteroatoms. The van der Waals surface area contributed by atoms with E-state index in [1.54, 1.807) is 23.9 Å². The van der Waals surface area contributed by atoms with Crippen LogP contribution in [0.4, 0.5) is 0 Å². The number of carbonyl (C=O) groups is 1. The topological polar surface area (TPSA) is 73.0 Å². The summed E-state index contributed by atoms with van der Waals surface area (Å²) in [7, 11) is 0. The quantitative estimate of drug-likeness (QED) is 0.568. The highest BCUT2D eigenvalue weighted by atomic mass is 32.1. The smallest absolute Gasteiger partial charge is 0.271 e. The number of rotatable bonds is 6. The molecule has 0 saturated heterocycles. The summed E-state index contributed by atoms with van der Waals surface area (Å²) in [4.78, 5) is 16.8. The molecule has 1 aromatic carbocycles. The first-order valence-corrected chi connectivity index (χ1v) is 8.99. The maximum Gasteiger partial charge on any atom is 0.271 e. The van der Waals surface area contributed by atoms with Crippen molar-refractivity contribution in [2.45, 2.75) is 13.1 Å². The number of benzene rings is 1. The fourth-order valence-corrected chi connectivity index (χ4v) is 3.38. The van der Waals surface area contributed by atoms with Crippen LogP contribution in [0.1, 0.15) is 21.6 Å². The van der Waals surface area contributed by atoms with Crippen LogP contribution in [0, 0.1) is 0 Å². The Hall–Kier alpha value is -3.19. The summed E-state index contributed by atoms with van der Waals surface area (Å²) in [6, 6.07) is 13.5. The van der Waals surface area contributed by atoms with Gasteiger partial charge in [-0.25, -0.2) is 4.98 Å². The number of hydrogen-bond donors (Lipinski definition) is 1. The molecule has 0 spiro atoms. The van der Waals surface area contributed by atoms with Crippen molar-refractivity contribution in [3.8, 4) is 10.8 Å². The van der Waals surface area contributed by atoms with Crippen molar-refractivity contribution >= 4 is 17.2 Å². The fraction of sp³-hybridized carbons (Fsp3) is 0.105. The number of nitrogens with zero attached hydrogens (tertiary/aromatic N) is 3. The molecule has 0 aliphatic rings. The first-order chi connectivity index (χ1) is 12.8. The number of amides is 1. The Balaban J connectivity index is 1.43. The van der Waals surface area contributed by atoms with Gasteiger partial charge in [-0.15, -0.1) is 11.3 Å². The number of furan rings is 1. The Bertz CT molecular complexity index is 990. The van der Waals surface area contributed by atoms with Crippen LogP contribution >= 0.6 is 11.3 Å². The third-order valence-corrected chi connectivity index (χ3v) is 4.77. The van der Waals surface area contributed by atoms with E-state index in [4.69, 9.17) is 4.42 Å². The highest BCUT2D eigenvalue weighted by molar-refractivity contribution is 7.13. The minimum absolute atomic E-state index is 0.201. The van der Waals surface area contributed by atoms with Gasteiger partial charge in [0, 0.05) is 24.3 Å². The van der Waals surface area contributed by atoms with Gasteiger partial charge in [-0.1, -0.05) is 24.3 Å². The van der Waals surface area contributed by atoms with Gasteiger partial charge >= 0.3 is 0 Å². The molecule has 3 aromatic heterocycles. The molecule has 1 amide bonds. The molecule has 0 unspecified atom stereocenters. The monoisotopic (exact) mass is 364 g/mol. The van der Waals surface area contributed by atoms with E-state index in [2.05, 4.69) is 15.4 Å². The van der Waals surface area contributed by atoms with Crippen molar-refractivity contribution in [2.75, 3.05) is 0 Å². The molecule has 4 aromatic rings. The van der Waals surface area contributed by atoms with Gasteiger partial charge in [0.15, 0.2) is 10.8 Å². The zero-order valence-corrected chi connectivity index (χ0v) is 14.6. The fourth-order valence-electron chi connectivity index (χ4n) is 2.61. The zero-order chi connectivity index (χ0) is 17.8. The number of carbonyl (C=O) groups excluding carboxylic acids is 1. The van der Waals surface area contributed by atoms with Crippen molar-refractivity contribution in [1.29, 1.82) is 0 Å². The third kappa shape index (κ3) is 3.57. The lowest BCUT2D eigenvalue weighted by Crippen LogP contribution is -2.24. The summed E-state index contributed by atoms with van der Waals surface area (Å²) in [6.45, 7) is 1.10. The van der Waals surface area contributed by atoms with Gasteiger partial charge in [0.1, 0.15) is 5.69 Å². The lowest BCUT2D eigenvalue weighted by Gasteiger charge is -2.10. The van der Waals surface area contributed by atoms with Crippen LogP contribution in [-0.4, -0.2) is 20.7 Å². The van der Waals surface area contributed by atoms with Gasteiger partial charge in [0.25, 0.3) is 5.91 Å². The second-order valence-electron chi connectivity index (χ2n) is 5.67. The molecule has 0 saturated carbocycles. The number of nitrogens with one attached hydrogen (secondary N) is 1. The first-order valence-electron chi connectivity index (χ1n) is 8.11. The Kier molecular flexibility index (Phi) is 4.61. The van der Waals surface area contributed by atoms with Gasteiger partial charge in [0.2, 0.25) is 0 Å². The van der Waals surface area contributed by atoms with Crippen molar-refractivity contribution in [2.24, 2.45) is 0 Å². The lowest BCUT2D eigenvalue weighted by molar-refractivity contribution is 0.0946. The average Bonchev–Trinajstić information content (AvgIpc) is 3.41. The molecular weight excluding hydrogens is 348 g/mol. The summed E-state index contributed by atoms with van der Waals surface area (Å²) in [5.74, 6) is 0.464. The normalized spacial score (nSPS) is 10.8. The predicted octanol–water partition coefficient (Wildman–Crippen LogP) is 3.58. The largest absolute Gasteiger partial charge is 0.462 e. The molecule has 0 aliphatic heterocycles. The second-order valence-corrected chi connectivity index (χ2v) is 6.53. The minimum Gasteiger partial charge on any atom is -0.462 e. The van der Waals surface area contributed by atoms with Gasteiger partial charge < -0.3 is 9.73 Å². The summed E-state index contributed by atoms with van der Waals surface area (Å²) in [5, 5.41) is 9.61. The average molecular weight is 364 g/mol. The van der Waals surface area contributed by atoms with Crippen molar-refractivity contribution in [3.05, 3.63) is 83.3 Å². The van der Waals surface area contributed by atoms with Crippen LogP contribution < -0.4 is 5.32 Å². The molecule has 0 fully saturated rings. The minimum atomic E-state index is -0.201. The van der Waals surface area contributed by atoms with E-state index in [0.717, 1.165) is 11.1 Å². The highest BCUT2D eigenvalue weighted by Crippen LogP contribution is 2.23. The van der Waals surface area contributed by atoms with Crippen LogP contribution in [0.25, 0.3) is 10.8 Å². The molecule has 6 nitrogen and oxygen atoms in total. The molecule has 0 atom stereocenters. The number of hydrogen-bond acceptors (Lipinski definition) is 5. The molecular formula is C19H16N4O2S. The lowest BCUT2D eigenvalue weighted by atomic mass is 10.1. The Morgan fingerprint density at radius 2 is 2.04 bits per heavy atom. The van der Waals surface area contributed by atoms with Crippen molar-refractivity contribution in [3.63, 3.8) is 0 Å². The number of aromatic nitrogens is 3. The maximum absolute atomic E-state index is 12.4. The molecule has 0 bridgehead atoms. The molecule has 0 radical (unpaired) electrons. The van der Waals surface area contributed by atoms with Crippen LogP contribution in [-0.2, 0) is 13.1 Å². The van der Waals surface area contributed by atoms with E-state index in [9.17, 15) is 4.79 Å². The highest BCUT2D eigenvalue weighted by Gasteiger charge is 2.13. The summed E-state index contributed by atoms with van der Waals surface area (Å²) < 4.78 is 7.17. The van der Waals surface area contributed by atoms with E-state index in [1.165, 1.54) is 11.3 Å². The molecule has 4 rings (SSSR count). The predicted molar refractivity (Wildman–Crippen MR) is 98.8 cm³/mol. The van der Waals surface area contributed by atoms with Crippen LogP contribution in [0.5, 0.6) is 0 Å². The molecule has 0 aliphatic carbocycles. The molecule has 26 heavy (non-hydrogen) atoms. The summed E-state index contributed by atoms with van der Waals surface area (Å²) in [6.07, 6.45) is 5.26. The van der Waals surface area contributed by atoms with Crippen LogP contribution in [0.2, 0.25) is 0 Å². The van der Waals surface area contributed by atoms with E-state index < -0.39 is 0 Å². The summed E-state index contributed by atoms with van der Waals surface area (Å²) >= 11 is 1.39. The zero-order valence-electron chi connectivity index (χ0n) is 13.8. The first kappa shape index (κ1) is 16.3. The van der Waals surface area contributed by atoms with Crippen LogP contribution in [0.15, 0.2) is 70.9 Å². The van der Waals surface area contributed by atoms with Gasteiger partial charge in [-0.05, 0) is 29.3 Å². The van der Waals surface area contributed by atoms with Crippen LogP contribution in [0.3, 0.4) is 0 Å². The van der Waals surface area contributed by atoms with Gasteiger partial charge in [-0.3, -0.25) is 9.48 Å². The van der Waals surface area contributed by atoms with Crippen molar-refractivity contribution < 1.29 is 9.21 Å². The SMILES string of the molecule is O=C(NCc1ccccc1Cn1cccn1)c1csc(-c2ccco2)n1. The third-order valence-electron chi connectivity index (χ3n) is 3.92. The van der Waals surface area contributed by atoms with Crippen molar-refractivity contribution in [1.82, 2.24) is 20.1 Å². The summed E-state index contributed by atoms with van der Waals surface area (Å²) in [5.41, 5.74) is 2.56. The van der Waals surface area contributed by atoms with Gasteiger partial charge in [-0.2, -0.15) is 5.10 Å². The van der Waals surface area contributed by atoms with E-state index in [-0.39, 0.29) is 5.91 Å². The van der Waals surface area contributed by atoms with E-state index in [1.807, 2.05) is 47.3 Å². The maximum atomic E-state index is 12.4. The molecule has 3 heterocycles. The second kappa shape index (κ2) is 7.37. The number of thiazole rings is 1. The molecule has 1 N–H and O–H groups in total. The Morgan fingerprint density at radius 1 is 1.15 bits per heavy atom. The standard InChI is InChI=1S/C19H16N4O2S/c24-18(16-13-26-19(22-16)17-7-3-10-25-17)20-11-14-5-1-2-6-15(14)12-23-9-4-8-21-23/h1-10,13H,11-12H2,(H,20,24). The van der Waals surface area contributed by atoms with Gasteiger partial charge in [0.05, 0.1) is 12.8 Å². The van der Waals surface area contributed by atoms with E-state index in [0.29, 0.717) is 29.6 Å². The Morgan fingerprint density at radius 3 is 2.81 bits per heavy atom. The Labute approximate surface area is 154 Å². The molecule has 130 valence electrons.